The molecule has 1 rings (SSSR count). The van der Waals surface area contributed by atoms with Gasteiger partial charge in [0.1, 0.15) is 0 Å². The molecule has 0 amide bonds. The molecule has 0 saturated heterocycles. The van der Waals surface area contributed by atoms with Crippen LogP contribution in [0.3, 0.4) is 0 Å². The number of nitrogens with one attached hydrogen (secondary N) is 1. The van der Waals surface area contributed by atoms with Crippen LogP contribution in [0.2, 0.25) is 0 Å². The van der Waals surface area contributed by atoms with E-state index in [0.29, 0.717) is 0 Å². The van der Waals surface area contributed by atoms with Crippen LogP contribution in [0.4, 0.5) is 0 Å². The standard InChI is InChI=1S/C11H23N/c1-3-10(9-12-2)11-7-5-4-6-8-11/h10-12H,3-9H2,1-2H3/t10-/m0/s1. The molecule has 0 unspecified atom stereocenters. The fraction of sp³-hybridized carbons (Fsp3) is 1.00. The summed E-state index contributed by atoms with van der Waals surface area (Å²) in [6.07, 6.45) is 8.76. The van der Waals surface area contributed by atoms with Gasteiger partial charge in [0.05, 0.1) is 0 Å². The van der Waals surface area contributed by atoms with E-state index in [0.717, 1.165) is 11.8 Å². The maximum Gasteiger partial charge on any atom is -0.00210 e. The van der Waals surface area contributed by atoms with Gasteiger partial charge in [-0.05, 0) is 25.4 Å². The van der Waals surface area contributed by atoms with Crippen LogP contribution >= 0.6 is 0 Å². The van der Waals surface area contributed by atoms with Crippen LogP contribution in [0.15, 0.2) is 0 Å². The number of rotatable bonds is 4. The van der Waals surface area contributed by atoms with Crippen molar-refractivity contribution in [2.45, 2.75) is 45.4 Å². The van der Waals surface area contributed by atoms with E-state index in [9.17, 15) is 0 Å². The first-order valence-corrected chi connectivity index (χ1v) is 5.53. The quantitative estimate of drug-likeness (QED) is 0.682. The molecule has 1 fully saturated rings. The fourth-order valence-electron chi connectivity index (χ4n) is 2.51. The van der Waals surface area contributed by atoms with Gasteiger partial charge in [0, 0.05) is 0 Å². The highest BCUT2D eigenvalue weighted by Crippen LogP contribution is 2.31. The van der Waals surface area contributed by atoms with Gasteiger partial charge < -0.3 is 5.32 Å². The average molecular weight is 169 g/mol. The predicted molar refractivity (Wildman–Crippen MR) is 54.3 cm³/mol. The molecule has 1 heteroatoms. The minimum absolute atomic E-state index is 0.940. The third kappa shape index (κ3) is 2.78. The molecule has 1 saturated carbocycles. The van der Waals surface area contributed by atoms with E-state index in [-0.39, 0.29) is 0 Å². The van der Waals surface area contributed by atoms with Crippen LogP contribution in [0.5, 0.6) is 0 Å². The van der Waals surface area contributed by atoms with Crippen LogP contribution in [0, 0.1) is 11.8 Å². The summed E-state index contributed by atoms with van der Waals surface area (Å²) in [5.74, 6) is 1.96. The summed E-state index contributed by atoms with van der Waals surface area (Å²) in [5, 5.41) is 3.32. The molecule has 0 spiro atoms. The Kier molecular flexibility index (Phi) is 4.67. The summed E-state index contributed by atoms with van der Waals surface area (Å²) in [5.41, 5.74) is 0. The molecule has 1 aliphatic carbocycles. The van der Waals surface area contributed by atoms with Crippen LogP contribution in [-0.4, -0.2) is 13.6 Å². The number of hydrogen-bond donors (Lipinski definition) is 1. The molecule has 1 N–H and O–H groups in total. The highest BCUT2D eigenvalue weighted by molar-refractivity contribution is 4.74. The van der Waals surface area contributed by atoms with Gasteiger partial charge in [-0.3, -0.25) is 0 Å². The molecule has 0 aliphatic heterocycles. The van der Waals surface area contributed by atoms with Gasteiger partial charge >= 0.3 is 0 Å². The van der Waals surface area contributed by atoms with Crippen molar-refractivity contribution in [1.82, 2.24) is 5.32 Å². The maximum absolute atomic E-state index is 3.32. The Morgan fingerprint density at radius 1 is 1.25 bits per heavy atom. The highest BCUT2D eigenvalue weighted by Gasteiger charge is 2.21. The monoisotopic (exact) mass is 169 g/mol. The molecule has 0 heterocycles. The lowest BCUT2D eigenvalue weighted by Gasteiger charge is -2.29. The van der Waals surface area contributed by atoms with E-state index in [4.69, 9.17) is 0 Å². The zero-order valence-electron chi connectivity index (χ0n) is 8.60. The van der Waals surface area contributed by atoms with Crippen LogP contribution in [0.1, 0.15) is 45.4 Å². The minimum Gasteiger partial charge on any atom is -0.319 e. The van der Waals surface area contributed by atoms with Gasteiger partial charge in [-0.2, -0.15) is 0 Å². The van der Waals surface area contributed by atoms with Gasteiger partial charge in [0.25, 0.3) is 0 Å². The lowest BCUT2D eigenvalue weighted by Crippen LogP contribution is -2.26. The molecule has 12 heavy (non-hydrogen) atoms. The molecule has 1 nitrogen and oxygen atoms in total. The van der Waals surface area contributed by atoms with Gasteiger partial charge in [-0.1, -0.05) is 45.4 Å². The molecule has 1 atom stereocenters. The largest absolute Gasteiger partial charge is 0.319 e. The summed E-state index contributed by atoms with van der Waals surface area (Å²) < 4.78 is 0. The van der Waals surface area contributed by atoms with E-state index in [1.54, 1.807) is 0 Å². The predicted octanol–water partition coefficient (Wildman–Crippen LogP) is 2.81. The molecular formula is C11H23N. The van der Waals surface area contributed by atoms with E-state index in [1.807, 2.05) is 0 Å². The molecule has 0 aromatic heterocycles. The van der Waals surface area contributed by atoms with Crippen molar-refractivity contribution in [2.75, 3.05) is 13.6 Å². The SMILES string of the molecule is CC[C@@H](CNC)C1CCCCC1. The van der Waals surface area contributed by atoms with Crippen LogP contribution < -0.4 is 5.32 Å². The lowest BCUT2D eigenvalue weighted by atomic mass is 9.79. The zero-order chi connectivity index (χ0) is 8.81. The van der Waals surface area contributed by atoms with Gasteiger partial charge in [0.2, 0.25) is 0 Å². The summed E-state index contributed by atoms with van der Waals surface area (Å²) in [6.45, 7) is 3.55. The van der Waals surface area contributed by atoms with Crippen LogP contribution in [0.25, 0.3) is 0 Å². The Balaban J connectivity index is 2.29. The van der Waals surface area contributed by atoms with Crippen molar-refractivity contribution in [2.24, 2.45) is 11.8 Å². The zero-order valence-corrected chi connectivity index (χ0v) is 8.60. The Morgan fingerprint density at radius 3 is 2.42 bits per heavy atom. The van der Waals surface area contributed by atoms with Gasteiger partial charge in [-0.25, -0.2) is 0 Å². The van der Waals surface area contributed by atoms with Crippen molar-refractivity contribution >= 4 is 0 Å². The second-order valence-electron chi connectivity index (χ2n) is 4.12. The second kappa shape index (κ2) is 5.58. The Morgan fingerprint density at radius 2 is 1.92 bits per heavy atom. The van der Waals surface area contributed by atoms with Crippen molar-refractivity contribution in [3.63, 3.8) is 0 Å². The topological polar surface area (TPSA) is 12.0 Å². The van der Waals surface area contributed by atoms with Crippen molar-refractivity contribution in [1.29, 1.82) is 0 Å². The Bertz CT molecular complexity index is 103. The van der Waals surface area contributed by atoms with Crippen molar-refractivity contribution < 1.29 is 0 Å². The summed E-state index contributed by atoms with van der Waals surface area (Å²) in [7, 11) is 2.07. The maximum atomic E-state index is 3.32. The minimum atomic E-state index is 0.940. The smallest absolute Gasteiger partial charge is 0.00210 e. The third-order valence-corrected chi connectivity index (χ3v) is 3.31. The van der Waals surface area contributed by atoms with Gasteiger partial charge in [0.15, 0.2) is 0 Å². The van der Waals surface area contributed by atoms with E-state index in [2.05, 4.69) is 19.3 Å². The van der Waals surface area contributed by atoms with E-state index in [1.165, 1.54) is 45.1 Å². The first kappa shape index (κ1) is 10.0. The van der Waals surface area contributed by atoms with E-state index < -0.39 is 0 Å². The Hall–Kier alpha value is -0.0400. The molecule has 0 aromatic rings. The molecular weight excluding hydrogens is 146 g/mol. The van der Waals surface area contributed by atoms with Crippen LogP contribution in [-0.2, 0) is 0 Å². The summed E-state index contributed by atoms with van der Waals surface area (Å²) >= 11 is 0. The fourth-order valence-corrected chi connectivity index (χ4v) is 2.51. The summed E-state index contributed by atoms with van der Waals surface area (Å²) in [4.78, 5) is 0. The Labute approximate surface area is 76.9 Å². The normalized spacial score (nSPS) is 22.5. The second-order valence-corrected chi connectivity index (χ2v) is 4.12. The third-order valence-electron chi connectivity index (χ3n) is 3.31. The summed E-state index contributed by atoms with van der Waals surface area (Å²) in [6, 6.07) is 0. The molecule has 0 radical (unpaired) electrons. The molecule has 0 bridgehead atoms. The molecule has 72 valence electrons. The first-order valence-electron chi connectivity index (χ1n) is 5.53. The highest BCUT2D eigenvalue weighted by atomic mass is 14.8. The molecule has 0 aromatic carbocycles. The van der Waals surface area contributed by atoms with Crippen molar-refractivity contribution in [3.05, 3.63) is 0 Å². The molecule has 1 aliphatic rings. The van der Waals surface area contributed by atoms with Gasteiger partial charge in [-0.15, -0.1) is 0 Å². The van der Waals surface area contributed by atoms with Crippen molar-refractivity contribution in [3.8, 4) is 0 Å². The number of hydrogen-bond acceptors (Lipinski definition) is 1. The van der Waals surface area contributed by atoms with E-state index >= 15 is 0 Å². The first-order chi connectivity index (χ1) is 5.88. The lowest BCUT2D eigenvalue weighted by molar-refractivity contribution is 0.238. The average Bonchev–Trinajstić information content (AvgIpc) is 2.15.